The minimum atomic E-state index is -1.14. The molecule has 322 valence electrons. The molecule has 0 aromatic heterocycles. The number of anilines is 6. The lowest BCUT2D eigenvalue weighted by molar-refractivity contribution is 1.28. The third kappa shape index (κ3) is 8.39. The molecule has 0 aliphatic heterocycles. The minimum Gasteiger partial charge on any atom is -0.311 e. The van der Waals surface area contributed by atoms with Crippen LogP contribution in [0.3, 0.4) is 0 Å². The predicted octanol–water partition coefficient (Wildman–Crippen LogP) is 16.4. The average molecular weight is 889 g/mol. The number of rotatable bonds is 8. The summed E-state index contributed by atoms with van der Waals surface area (Å²) in [6, 6.07) is 73.5. The fraction of sp³-hybridized carbons (Fsp3) is 0.0968. The molecular formula is C62H52N2S2. The van der Waals surface area contributed by atoms with Gasteiger partial charge in [-0.1, -0.05) is 121 Å². The molecule has 0 spiro atoms. The lowest BCUT2D eigenvalue weighted by atomic mass is 9.90. The summed E-state index contributed by atoms with van der Waals surface area (Å²) >= 11 is 0. The third-order valence-electron chi connectivity index (χ3n) is 12.1. The highest BCUT2D eigenvalue weighted by Crippen LogP contribution is 2.55. The fourth-order valence-electron chi connectivity index (χ4n) is 9.02. The lowest BCUT2D eigenvalue weighted by Gasteiger charge is -2.31. The predicted molar refractivity (Wildman–Crippen MR) is 292 cm³/mol. The van der Waals surface area contributed by atoms with Crippen LogP contribution in [-0.2, 0) is 0 Å². The summed E-state index contributed by atoms with van der Waals surface area (Å²) < 4.78 is 0. The zero-order valence-corrected chi connectivity index (χ0v) is 40.0. The van der Waals surface area contributed by atoms with Crippen molar-refractivity contribution >= 4 is 86.5 Å². The molecule has 0 aliphatic rings. The van der Waals surface area contributed by atoms with E-state index in [-0.39, 0.29) is 0 Å². The van der Waals surface area contributed by atoms with Gasteiger partial charge in [-0.3, -0.25) is 0 Å². The van der Waals surface area contributed by atoms with Crippen molar-refractivity contribution in [1.29, 1.82) is 0 Å². The Balaban J connectivity index is 1.07. The van der Waals surface area contributed by atoms with E-state index in [9.17, 15) is 0 Å². The number of para-hydroxylation sites is 4. The Morgan fingerprint density at radius 3 is 0.848 bits per heavy atom. The molecule has 0 unspecified atom stereocenters. The van der Waals surface area contributed by atoms with Crippen LogP contribution >= 0.6 is 20.1 Å². The highest BCUT2D eigenvalue weighted by atomic mass is 32.3. The summed E-state index contributed by atoms with van der Waals surface area (Å²) in [6.07, 6.45) is 14.4. The number of nitrogens with zero attached hydrogens (tertiary/aromatic N) is 2. The molecule has 0 N–H and O–H groups in total. The first kappa shape index (κ1) is 42.6. The molecule has 0 bridgehead atoms. The van der Waals surface area contributed by atoms with Crippen LogP contribution in [0.25, 0.3) is 32.3 Å². The molecule has 0 saturated heterocycles. The molecule has 0 heterocycles. The van der Waals surface area contributed by atoms with Crippen molar-refractivity contribution in [3.63, 3.8) is 0 Å². The van der Waals surface area contributed by atoms with Gasteiger partial charge in [-0.2, -0.15) is 0 Å². The summed E-state index contributed by atoms with van der Waals surface area (Å²) in [6.45, 7) is 0. The van der Waals surface area contributed by atoms with Crippen molar-refractivity contribution in [2.45, 2.75) is 9.79 Å². The molecule has 0 atom stereocenters. The normalized spacial score (nSPS) is 12.0. The van der Waals surface area contributed by atoms with E-state index in [1.807, 2.05) is 0 Å². The second-order valence-corrected chi connectivity index (χ2v) is 26.4. The summed E-state index contributed by atoms with van der Waals surface area (Å²) in [5.41, 5.74) is 10.7. The summed E-state index contributed by atoms with van der Waals surface area (Å²) in [7, 11) is -2.28. The van der Waals surface area contributed by atoms with Gasteiger partial charge in [-0.05, 0) is 189 Å². The molecule has 2 nitrogen and oxygen atoms in total. The first-order chi connectivity index (χ1) is 32.0. The summed E-state index contributed by atoms with van der Waals surface area (Å²) in [5, 5.41) is 7.61. The van der Waals surface area contributed by atoms with Crippen LogP contribution < -0.4 is 9.80 Å². The molecule has 0 radical (unpaired) electrons. The summed E-state index contributed by atoms with van der Waals surface area (Å²) in [4.78, 5) is 7.33. The van der Waals surface area contributed by atoms with Gasteiger partial charge < -0.3 is 9.80 Å². The van der Waals surface area contributed by atoms with E-state index in [0.717, 1.165) is 56.4 Å². The maximum atomic E-state index is 3.70. The van der Waals surface area contributed by atoms with E-state index in [4.69, 9.17) is 0 Å². The van der Waals surface area contributed by atoms with E-state index in [1.54, 1.807) is 0 Å². The molecule has 10 rings (SSSR count). The van der Waals surface area contributed by atoms with Crippen LogP contribution in [0.1, 0.15) is 22.3 Å². The van der Waals surface area contributed by atoms with Crippen molar-refractivity contribution in [2.24, 2.45) is 0 Å². The SMILES string of the molecule is CS(C)(C)c1cc(C#Cc2ccc(N(c3ccccc3)c3ccccc3)cc2)c2ccc3c(S(C)(C)C)cc(C#Cc4ccc(N(c5ccccc5)c5ccccc5)cc4)c4ccc1c2c43. The Morgan fingerprint density at radius 1 is 0.288 bits per heavy atom. The Morgan fingerprint density at radius 2 is 0.561 bits per heavy atom. The quantitative estimate of drug-likeness (QED) is 0.111. The van der Waals surface area contributed by atoms with Gasteiger partial charge in [0.25, 0.3) is 0 Å². The Kier molecular flexibility index (Phi) is 11.3. The van der Waals surface area contributed by atoms with Crippen LogP contribution in [0, 0.1) is 23.7 Å². The van der Waals surface area contributed by atoms with Gasteiger partial charge in [0.2, 0.25) is 0 Å². The number of hydrogen-bond acceptors (Lipinski definition) is 2. The first-order valence-corrected chi connectivity index (χ1v) is 27.9. The second-order valence-electron chi connectivity index (χ2n) is 18.2. The van der Waals surface area contributed by atoms with E-state index in [2.05, 4.69) is 277 Å². The zero-order valence-electron chi connectivity index (χ0n) is 38.3. The molecule has 66 heavy (non-hydrogen) atoms. The van der Waals surface area contributed by atoms with E-state index < -0.39 is 20.1 Å². The zero-order chi connectivity index (χ0) is 45.4. The van der Waals surface area contributed by atoms with Crippen molar-refractivity contribution in [3.05, 3.63) is 229 Å². The average Bonchev–Trinajstić information content (AvgIpc) is 3.33. The number of hydrogen-bond donors (Lipinski definition) is 0. The van der Waals surface area contributed by atoms with Crippen LogP contribution in [0.15, 0.2) is 216 Å². The molecular weight excluding hydrogens is 837 g/mol. The topological polar surface area (TPSA) is 6.48 Å². The second kappa shape index (κ2) is 17.6. The molecule has 10 aromatic carbocycles. The Bertz CT molecular complexity index is 3140. The maximum absolute atomic E-state index is 3.70. The van der Waals surface area contributed by atoms with Crippen LogP contribution in [0.5, 0.6) is 0 Å². The van der Waals surface area contributed by atoms with Crippen molar-refractivity contribution in [2.75, 3.05) is 47.3 Å². The highest BCUT2D eigenvalue weighted by molar-refractivity contribution is 8.32. The Hall–Kier alpha value is -7.34. The third-order valence-corrected chi connectivity index (χ3v) is 15.4. The van der Waals surface area contributed by atoms with Crippen molar-refractivity contribution in [1.82, 2.24) is 0 Å². The van der Waals surface area contributed by atoms with Gasteiger partial charge in [-0.25, -0.2) is 20.1 Å². The molecule has 0 fully saturated rings. The molecule has 0 aliphatic carbocycles. The summed E-state index contributed by atoms with van der Waals surface area (Å²) in [5.74, 6) is 14.6. The molecule has 0 amide bonds. The minimum absolute atomic E-state index is 0.979. The fourth-order valence-corrected chi connectivity index (χ4v) is 11.6. The Labute approximate surface area is 393 Å². The van der Waals surface area contributed by atoms with Crippen LogP contribution in [0.4, 0.5) is 34.1 Å². The van der Waals surface area contributed by atoms with E-state index in [0.29, 0.717) is 0 Å². The van der Waals surface area contributed by atoms with Gasteiger partial charge in [0.15, 0.2) is 0 Å². The highest BCUT2D eigenvalue weighted by Gasteiger charge is 2.23. The van der Waals surface area contributed by atoms with E-state index >= 15 is 0 Å². The van der Waals surface area contributed by atoms with Gasteiger partial charge in [0, 0.05) is 56.4 Å². The maximum Gasteiger partial charge on any atom is 0.0462 e. The van der Waals surface area contributed by atoms with Gasteiger partial charge >= 0.3 is 0 Å². The molecule has 10 aromatic rings. The number of benzene rings is 10. The monoisotopic (exact) mass is 888 g/mol. The first-order valence-electron chi connectivity index (χ1n) is 22.2. The van der Waals surface area contributed by atoms with Gasteiger partial charge in [0.1, 0.15) is 0 Å². The van der Waals surface area contributed by atoms with Crippen LogP contribution in [-0.4, -0.2) is 37.5 Å². The lowest BCUT2D eigenvalue weighted by Crippen LogP contribution is -2.09. The molecule has 4 heteroatoms. The standard InChI is InChI=1S/C62H52N2S2/c1-65(2,3)59-43-47(33-27-45-29-35-53(36-30-45)63(49-19-11-7-12-20-49)50-21-13-8-14-22-50)55-40-42-58-60(66(4,5)6)44-48(56-39-41-57(59)61(55)62(56)58)34-28-46-31-37-54(38-32-46)64(51-23-15-9-16-24-51)52-25-17-10-18-26-52/h7-26,29-32,35-44H,1-6H3. The largest absolute Gasteiger partial charge is 0.311 e. The van der Waals surface area contributed by atoms with Gasteiger partial charge in [-0.15, -0.1) is 0 Å². The van der Waals surface area contributed by atoms with Gasteiger partial charge in [0.05, 0.1) is 0 Å². The van der Waals surface area contributed by atoms with E-state index in [1.165, 1.54) is 42.1 Å². The van der Waals surface area contributed by atoms with Crippen molar-refractivity contribution in [3.8, 4) is 23.7 Å². The molecule has 0 saturated carbocycles. The van der Waals surface area contributed by atoms with Crippen LogP contribution in [0.2, 0.25) is 0 Å². The van der Waals surface area contributed by atoms with Crippen molar-refractivity contribution < 1.29 is 0 Å². The smallest absolute Gasteiger partial charge is 0.0462 e.